The summed E-state index contributed by atoms with van der Waals surface area (Å²) in [5.41, 5.74) is 5.97. The number of benzene rings is 2. The maximum absolute atomic E-state index is 12.4. The molecule has 6 nitrogen and oxygen atoms in total. The van der Waals surface area contributed by atoms with Crippen molar-refractivity contribution in [1.29, 1.82) is 0 Å². The van der Waals surface area contributed by atoms with Gasteiger partial charge in [-0.15, -0.1) is 0 Å². The van der Waals surface area contributed by atoms with Crippen LogP contribution in [0.15, 0.2) is 48.5 Å². The van der Waals surface area contributed by atoms with Gasteiger partial charge >= 0.3 is 6.03 Å². The number of carbonyl (C=O) groups excluding carboxylic acids is 2. The van der Waals surface area contributed by atoms with Crippen LogP contribution in [0.1, 0.15) is 12.8 Å². The van der Waals surface area contributed by atoms with Crippen LogP contribution in [0.25, 0.3) is 0 Å². The molecule has 2 aromatic rings. The summed E-state index contributed by atoms with van der Waals surface area (Å²) in [7, 11) is 0. The van der Waals surface area contributed by atoms with Crippen LogP contribution < -0.4 is 15.8 Å². The van der Waals surface area contributed by atoms with Crippen LogP contribution in [-0.4, -0.2) is 29.9 Å². The first-order chi connectivity index (χ1) is 12.5. The molecule has 1 aliphatic heterocycles. The standard InChI is InChI=1S/C19H20ClN3O3/c20-16-5-1-2-6-17(16)26-15-9-7-14(8-10-15)22-18(24)13-4-3-11-23(12-13)19(21)25/h1-2,5-10,13H,3-4,11-12H2,(H2,21,25)(H,22,24)/t13-/m0/s1. The Labute approximate surface area is 156 Å². The summed E-state index contributed by atoms with van der Waals surface area (Å²) in [4.78, 5) is 25.2. The number of nitrogens with two attached hydrogens (primary N) is 1. The van der Waals surface area contributed by atoms with Gasteiger partial charge < -0.3 is 20.7 Å². The van der Waals surface area contributed by atoms with Crippen molar-refractivity contribution in [3.8, 4) is 11.5 Å². The van der Waals surface area contributed by atoms with Gasteiger partial charge in [-0.05, 0) is 49.2 Å². The maximum atomic E-state index is 12.4. The van der Waals surface area contributed by atoms with E-state index in [-0.39, 0.29) is 11.8 Å². The van der Waals surface area contributed by atoms with Gasteiger partial charge in [0, 0.05) is 18.8 Å². The highest BCUT2D eigenvalue weighted by atomic mass is 35.5. The number of amides is 3. The molecule has 2 aromatic carbocycles. The second kappa shape index (κ2) is 8.10. The lowest BCUT2D eigenvalue weighted by Gasteiger charge is -2.30. The monoisotopic (exact) mass is 373 g/mol. The topological polar surface area (TPSA) is 84.7 Å². The minimum absolute atomic E-state index is 0.115. The van der Waals surface area contributed by atoms with Crippen molar-refractivity contribution in [2.75, 3.05) is 18.4 Å². The number of hydrogen-bond acceptors (Lipinski definition) is 3. The molecule has 136 valence electrons. The SMILES string of the molecule is NC(=O)N1CCC[C@H](C(=O)Nc2ccc(Oc3ccccc3Cl)cc2)C1. The number of nitrogens with one attached hydrogen (secondary N) is 1. The fourth-order valence-electron chi connectivity index (χ4n) is 2.90. The summed E-state index contributed by atoms with van der Waals surface area (Å²) in [5, 5.41) is 3.40. The van der Waals surface area contributed by atoms with E-state index in [2.05, 4.69) is 5.32 Å². The Bertz CT molecular complexity index is 795. The molecule has 1 heterocycles. The minimum Gasteiger partial charge on any atom is -0.456 e. The van der Waals surface area contributed by atoms with E-state index in [1.54, 1.807) is 36.4 Å². The third-order valence-electron chi connectivity index (χ3n) is 4.29. The van der Waals surface area contributed by atoms with E-state index in [4.69, 9.17) is 22.1 Å². The fourth-order valence-corrected chi connectivity index (χ4v) is 3.07. The van der Waals surface area contributed by atoms with Crippen molar-refractivity contribution in [2.24, 2.45) is 11.7 Å². The molecule has 0 saturated carbocycles. The Kier molecular flexibility index (Phi) is 5.63. The predicted molar refractivity (Wildman–Crippen MR) is 100 cm³/mol. The lowest BCUT2D eigenvalue weighted by Crippen LogP contribution is -2.46. The first kappa shape index (κ1) is 18.1. The Hall–Kier alpha value is -2.73. The van der Waals surface area contributed by atoms with E-state index < -0.39 is 6.03 Å². The van der Waals surface area contributed by atoms with Crippen LogP contribution in [0.5, 0.6) is 11.5 Å². The summed E-state index contributed by atoms with van der Waals surface area (Å²) >= 11 is 6.08. The molecule has 0 unspecified atom stereocenters. The molecular formula is C19H20ClN3O3. The third-order valence-corrected chi connectivity index (χ3v) is 4.60. The van der Waals surface area contributed by atoms with Gasteiger partial charge in [0.05, 0.1) is 10.9 Å². The Morgan fingerprint density at radius 1 is 1.15 bits per heavy atom. The summed E-state index contributed by atoms with van der Waals surface area (Å²) in [5.74, 6) is 0.819. The molecule has 3 amide bonds. The zero-order chi connectivity index (χ0) is 18.5. The van der Waals surface area contributed by atoms with Crippen molar-refractivity contribution < 1.29 is 14.3 Å². The number of para-hydroxylation sites is 1. The van der Waals surface area contributed by atoms with Crippen LogP contribution in [0.3, 0.4) is 0 Å². The zero-order valence-corrected chi connectivity index (χ0v) is 14.9. The van der Waals surface area contributed by atoms with Crippen molar-refractivity contribution in [2.45, 2.75) is 12.8 Å². The summed E-state index contributed by atoms with van der Waals surface area (Å²) in [6.45, 7) is 0.960. The van der Waals surface area contributed by atoms with E-state index in [9.17, 15) is 9.59 Å². The molecular weight excluding hydrogens is 354 g/mol. The van der Waals surface area contributed by atoms with Gasteiger partial charge in [-0.25, -0.2) is 4.79 Å². The van der Waals surface area contributed by atoms with Gasteiger partial charge in [0.1, 0.15) is 11.5 Å². The van der Waals surface area contributed by atoms with E-state index in [1.807, 2.05) is 12.1 Å². The number of primary amides is 1. The first-order valence-electron chi connectivity index (χ1n) is 8.40. The number of halogens is 1. The average Bonchev–Trinajstić information content (AvgIpc) is 2.65. The van der Waals surface area contributed by atoms with Crippen molar-refractivity contribution in [3.05, 3.63) is 53.6 Å². The number of rotatable bonds is 4. The summed E-state index contributed by atoms with van der Waals surface area (Å²) in [6, 6.07) is 13.8. The number of likely N-dealkylation sites (tertiary alicyclic amines) is 1. The van der Waals surface area contributed by atoms with E-state index in [0.29, 0.717) is 35.3 Å². The van der Waals surface area contributed by atoms with E-state index >= 15 is 0 Å². The van der Waals surface area contributed by atoms with Gasteiger partial charge in [-0.1, -0.05) is 23.7 Å². The zero-order valence-electron chi connectivity index (χ0n) is 14.2. The normalized spacial score (nSPS) is 16.8. The number of ether oxygens (including phenoxy) is 1. The highest BCUT2D eigenvalue weighted by Gasteiger charge is 2.27. The van der Waals surface area contributed by atoms with Gasteiger partial charge in [-0.3, -0.25) is 4.79 Å². The number of carbonyl (C=O) groups is 2. The largest absolute Gasteiger partial charge is 0.456 e. The number of urea groups is 1. The highest BCUT2D eigenvalue weighted by Crippen LogP contribution is 2.29. The number of piperidine rings is 1. The van der Waals surface area contributed by atoms with Crippen molar-refractivity contribution >= 4 is 29.2 Å². The van der Waals surface area contributed by atoms with Gasteiger partial charge in [0.25, 0.3) is 0 Å². The highest BCUT2D eigenvalue weighted by molar-refractivity contribution is 6.32. The molecule has 1 saturated heterocycles. The number of hydrogen-bond donors (Lipinski definition) is 2. The van der Waals surface area contributed by atoms with Crippen molar-refractivity contribution in [3.63, 3.8) is 0 Å². The Morgan fingerprint density at radius 2 is 1.88 bits per heavy atom. The molecule has 0 radical (unpaired) electrons. The third kappa shape index (κ3) is 4.46. The quantitative estimate of drug-likeness (QED) is 0.853. The van der Waals surface area contributed by atoms with Crippen LogP contribution in [0.4, 0.5) is 10.5 Å². The molecule has 1 atom stereocenters. The number of nitrogens with zero attached hydrogens (tertiary/aromatic N) is 1. The Balaban J connectivity index is 1.59. The molecule has 3 rings (SSSR count). The molecule has 1 fully saturated rings. The second-order valence-corrected chi connectivity index (χ2v) is 6.58. The second-order valence-electron chi connectivity index (χ2n) is 6.17. The molecule has 1 aliphatic rings. The first-order valence-corrected chi connectivity index (χ1v) is 8.78. The molecule has 3 N–H and O–H groups in total. The molecule has 0 aromatic heterocycles. The lowest BCUT2D eigenvalue weighted by molar-refractivity contribution is -0.121. The van der Waals surface area contributed by atoms with Crippen LogP contribution in [0.2, 0.25) is 5.02 Å². The molecule has 0 aliphatic carbocycles. The minimum atomic E-state index is -0.483. The van der Waals surface area contributed by atoms with E-state index in [1.165, 1.54) is 4.90 Å². The smallest absolute Gasteiger partial charge is 0.314 e. The molecule has 7 heteroatoms. The molecule has 26 heavy (non-hydrogen) atoms. The fraction of sp³-hybridized carbons (Fsp3) is 0.263. The maximum Gasteiger partial charge on any atom is 0.314 e. The van der Waals surface area contributed by atoms with Crippen LogP contribution in [-0.2, 0) is 4.79 Å². The van der Waals surface area contributed by atoms with Crippen LogP contribution >= 0.6 is 11.6 Å². The van der Waals surface area contributed by atoms with E-state index in [0.717, 1.165) is 12.8 Å². The van der Waals surface area contributed by atoms with Crippen molar-refractivity contribution in [1.82, 2.24) is 4.90 Å². The predicted octanol–water partition coefficient (Wildman–Crippen LogP) is 3.86. The summed E-state index contributed by atoms with van der Waals surface area (Å²) < 4.78 is 5.72. The molecule has 0 bridgehead atoms. The lowest BCUT2D eigenvalue weighted by atomic mass is 9.97. The van der Waals surface area contributed by atoms with Crippen LogP contribution in [0, 0.1) is 5.92 Å². The average molecular weight is 374 g/mol. The summed E-state index contributed by atoms with van der Waals surface area (Å²) in [6.07, 6.45) is 1.51. The van der Waals surface area contributed by atoms with Gasteiger partial charge in [-0.2, -0.15) is 0 Å². The molecule has 0 spiro atoms. The van der Waals surface area contributed by atoms with Gasteiger partial charge in [0.2, 0.25) is 5.91 Å². The number of anilines is 1. The van der Waals surface area contributed by atoms with Gasteiger partial charge in [0.15, 0.2) is 0 Å². The Morgan fingerprint density at radius 3 is 2.58 bits per heavy atom.